The number of benzene rings is 1. The molecule has 0 bridgehead atoms. The number of nitrogens with zero attached hydrogens (tertiary/aromatic N) is 1. The van der Waals surface area contributed by atoms with Crippen LogP contribution in [-0.2, 0) is 19.2 Å². The lowest BCUT2D eigenvalue weighted by atomic mass is 10.2. The predicted molar refractivity (Wildman–Crippen MR) is 63.7 cm³/mol. The summed E-state index contributed by atoms with van der Waals surface area (Å²) in [4.78, 5) is 42.7. The third kappa shape index (κ3) is 3.81. The number of nitriles is 1. The van der Waals surface area contributed by atoms with Crippen LogP contribution < -0.4 is 10.6 Å². The van der Waals surface area contributed by atoms with Crippen molar-refractivity contribution in [2.45, 2.75) is 0 Å². The van der Waals surface area contributed by atoms with Crippen molar-refractivity contribution in [3.8, 4) is 6.07 Å². The molecule has 0 aliphatic rings. The lowest BCUT2D eigenvalue weighted by Crippen LogP contribution is -2.23. The Morgan fingerprint density at radius 1 is 0.900 bits per heavy atom. The molecule has 0 aromatic heterocycles. The lowest BCUT2D eigenvalue weighted by molar-refractivity contribution is -0.147. The molecule has 0 aliphatic carbocycles. The first-order valence-corrected chi connectivity index (χ1v) is 4.97. The number of carboxylic acids is 2. The molecule has 0 saturated carbocycles. The van der Waals surface area contributed by atoms with Gasteiger partial charge >= 0.3 is 23.8 Å². The van der Waals surface area contributed by atoms with Crippen LogP contribution in [0.5, 0.6) is 0 Å². The van der Waals surface area contributed by atoms with Crippen LogP contribution in [0, 0.1) is 11.3 Å². The average molecular weight is 277 g/mol. The van der Waals surface area contributed by atoms with Gasteiger partial charge in [-0.15, -0.1) is 0 Å². The maximum Gasteiger partial charge on any atom is 0.394 e. The number of carboxylic acid groups (broad SMARTS) is 2. The number of anilines is 2. The second-order valence-corrected chi connectivity index (χ2v) is 3.43. The van der Waals surface area contributed by atoms with Gasteiger partial charge in [-0.1, -0.05) is 0 Å². The summed E-state index contributed by atoms with van der Waals surface area (Å²) in [5.74, 6) is -6.14. The van der Waals surface area contributed by atoms with Crippen molar-refractivity contribution in [1.82, 2.24) is 0 Å². The van der Waals surface area contributed by atoms with E-state index in [2.05, 4.69) is 0 Å². The van der Waals surface area contributed by atoms with E-state index in [0.29, 0.717) is 0 Å². The molecule has 9 nitrogen and oxygen atoms in total. The van der Waals surface area contributed by atoms with Gasteiger partial charge in [-0.2, -0.15) is 5.26 Å². The monoisotopic (exact) mass is 277 g/mol. The molecule has 0 heterocycles. The Morgan fingerprint density at radius 3 is 1.60 bits per heavy atom. The lowest BCUT2D eigenvalue weighted by Gasteiger charge is -2.07. The van der Waals surface area contributed by atoms with E-state index in [0.717, 1.165) is 18.2 Å². The third-order valence-corrected chi connectivity index (χ3v) is 1.97. The Kier molecular flexibility index (Phi) is 4.37. The van der Waals surface area contributed by atoms with E-state index in [1.54, 1.807) is 6.07 Å². The molecule has 0 saturated heterocycles. The van der Waals surface area contributed by atoms with Crippen molar-refractivity contribution in [2.75, 3.05) is 10.6 Å². The summed E-state index contributed by atoms with van der Waals surface area (Å²) in [7, 11) is 0. The summed E-state index contributed by atoms with van der Waals surface area (Å²) >= 11 is 0. The maximum atomic E-state index is 11.0. The van der Waals surface area contributed by atoms with Crippen LogP contribution in [0.4, 0.5) is 11.4 Å². The summed E-state index contributed by atoms with van der Waals surface area (Å²) in [6.45, 7) is 0. The van der Waals surface area contributed by atoms with Gasteiger partial charge in [0.25, 0.3) is 0 Å². The van der Waals surface area contributed by atoms with Crippen LogP contribution in [0.2, 0.25) is 0 Å². The second-order valence-electron chi connectivity index (χ2n) is 3.43. The summed E-state index contributed by atoms with van der Waals surface area (Å²) in [5.41, 5.74) is -0.150. The van der Waals surface area contributed by atoms with Crippen molar-refractivity contribution in [1.29, 1.82) is 5.26 Å². The molecule has 9 heteroatoms. The highest BCUT2D eigenvalue weighted by atomic mass is 16.4. The highest BCUT2D eigenvalue weighted by Gasteiger charge is 2.15. The van der Waals surface area contributed by atoms with Crippen LogP contribution >= 0.6 is 0 Å². The number of carbonyl (C=O) groups is 4. The van der Waals surface area contributed by atoms with Crippen LogP contribution in [-0.4, -0.2) is 34.0 Å². The van der Waals surface area contributed by atoms with Crippen molar-refractivity contribution in [2.24, 2.45) is 0 Å². The van der Waals surface area contributed by atoms with E-state index >= 15 is 0 Å². The van der Waals surface area contributed by atoms with Gasteiger partial charge in [-0.3, -0.25) is 9.59 Å². The van der Waals surface area contributed by atoms with Crippen LogP contribution in [0.25, 0.3) is 0 Å². The molecule has 1 aromatic carbocycles. The Morgan fingerprint density at radius 2 is 1.30 bits per heavy atom. The fraction of sp³-hybridized carbons (Fsp3) is 0. The van der Waals surface area contributed by atoms with Crippen molar-refractivity contribution in [3.63, 3.8) is 0 Å². The number of amides is 2. The van der Waals surface area contributed by atoms with Gasteiger partial charge in [-0.05, 0) is 18.2 Å². The van der Waals surface area contributed by atoms with Crippen molar-refractivity contribution in [3.05, 3.63) is 23.8 Å². The molecule has 4 N–H and O–H groups in total. The van der Waals surface area contributed by atoms with Crippen molar-refractivity contribution < 1.29 is 29.4 Å². The van der Waals surface area contributed by atoms with Gasteiger partial charge in [0.15, 0.2) is 0 Å². The quantitative estimate of drug-likeness (QED) is 0.536. The first-order valence-electron chi connectivity index (χ1n) is 4.97. The van der Waals surface area contributed by atoms with E-state index in [9.17, 15) is 19.2 Å². The number of hydrogen-bond donors (Lipinski definition) is 4. The maximum absolute atomic E-state index is 11.0. The van der Waals surface area contributed by atoms with E-state index < -0.39 is 23.8 Å². The number of rotatable bonds is 2. The average Bonchev–Trinajstić information content (AvgIpc) is 2.37. The number of hydrogen-bond acceptors (Lipinski definition) is 5. The van der Waals surface area contributed by atoms with Gasteiger partial charge in [0.05, 0.1) is 11.6 Å². The van der Waals surface area contributed by atoms with Crippen LogP contribution in [0.15, 0.2) is 18.2 Å². The first-order chi connectivity index (χ1) is 9.33. The molecule has 20 heavy (non-hydrogen) atoms. The molecule has 1 rings (SSSR count). The number of nitrogens with one attached hydrogen (secondary N) is 2. The summed E-state index contributed by atoms with van der Waals surface area (Å²) in [5, 5.41) is 29.6. The van der Waals surface area contributed by atoms with E-state index in [-0.39, 0.29) is 16.9 Å². The Labute approximate surface area is 111 Å². The molecular weight excluding hydrogens is 270 g/mol. The summed E-state index contributed by atoms with van der Waals surface area (Å²) in [6, 6.07) is 5.16. The van der Waals surface area contributed by atoms with E-state index in [1.165, 1.54) is 0 Å². The standard InChI is InChI=1S/C11H7N3O6/c12-4-5-1-6(13-8(15)10(17)18)3-7(2-5)14-9(16)11(19)20/h1-3H,(H,13,15)(H,14,16)(H,17,18)(H,19,20). The van der Waals surface area contributed by atoms with Gasteiger partial charge in [0.1, 0.15) is 0 Å². The number of aliphatic carboxylic acids is 2. The van der Waals surface area contributed by atoms with Gasteiger partial charge < -0.3 is 20.8 Å². The van der Waals surface area contributed by atoms with Crippen molar-refractivity contribution >= 4 is 35.1 Å². The minimum atomic E-state index is -1.73. The topological polar surface area (TPSA) is 157 Å². The van der Waals surface area contributed by atoms with Crippen LogP contribution in [0.3, 0.4) is 0 Å². The Bertz CT molecular complexity index is 600. The molecule has 102 valence electrons. The first kappa shape index (κ1) is 14.7. The molecule has 1 aromatic rings. The highest BCUT2D eigenvalue weighted by molar-refractivity contribution is 6.37. The predicted octanol–water partition coefficient (Wildman–Crippen LogP) is -0.396. The SMILES string of the molecule is N#Cc1cc(NC(=O)C(=O)O)cc(NC(=O)C(=O)O)c1. The van der Waals surface area contributed by atoms with Gasteiger partial charge in [0.2, 0.25) is 0 Å². The van der Waals surface area contributed by atoms with E-state index in [4.69, 9.17) is 15.5 Å². The number of carbonyl (C=O) groups excluding carboxylic acids is 2. The fourth-order valence-corrected chi connectivity index (χ4v) is 1.21. The summed E-state index contributed by atoms with van der Waals surface area (Å²) in [6.07, 6.45) is 0. The van der Waals surface area contributed by atoms with E-state index in [1.807, 2.05) is 10.6 Å². The molecular formula is C11H7N3O6. The fourth-order valence-electron chi connectivity index (χ4n) is 1.21. The minimum Gasteiger partial charge on any atom is -0.474 e. The third-order valence-electron chi connectivity index (χ3n) is 1.97. The minimum absolute atomic E-state index is 0.00567. The van der Waals surface area contributed by atoms with Gasteiger partial charge in [0, 0.05) is 11.4 Å². The van der Waals surface area contributed by atoms with Crippen LogP contribution in [0.1, 0.15) is 5.56 Å². The molecule has 0 atom stereocenters. The molecule has 0 radical (unpaired) electrons. The summed E-state index contributed by atoms with van der Waals surface area (Å²) < 4.78 is 0. The zero-order valence-corrected chi connectivity index (χ0v) is 9.71. The molecule has 0 fully saturated rings. The largest absolute Gasteiger partial charge is 0.474 e. The highest BCUT2D eigenvalue weighted by Crippen LogP contribution is 2.18. The Balaban J connectivity index is 3.06. The van der Waals surface area contributed by atoms with Gasteiger partial charge in [-0.25, -0.2) is 9.59 Å². The smallest absolute Gasteiger partial charge is 0.394 e. The normalized spacial score (nSPS) is 9.15. The zero-order valence-electron chi connectivity index (χ0n) is 9.71. The molecule has 2 amide bonds. The Hall–Kier alpha value is -3.41. The zero-order chi connectivity index (χ0) is 15.3. The second kappa shape index (κ2) is 5.96. The molecule has 0 spiro atoms. The molecule has 0 aliphatic heterocycles. The molecule has 0 unspecified atom stereocenters.